The Hall–Kier alpha value is -4.93. The van der Waals surface area contributed by atoms with Crippen LogP contribution >= 0.6 is 11.6 Å². The molecule has 2 N–H and O–H groups in total. The molecule has 0 saturated carbocycles. The molecule has 5 rings (SSSR count). The molecule has 0 fully saturated rings. The van der Waals surface area contributed by atoms with Crippen molar-refractivity contribution >= 4 is 17.6 Å². The van der Waals surface area contributed by atoms with Gasteiger partial charge in [-0.3, -0.25) is 0 Å². The molecular formula is C35H31ClN2O5. The first kappa shape index (κ1) is 29.6. The van der Waals surface area contributed by atoms with E-state index in [0.717, 1.165) is 16.7 Å². The summed E-state index contributed by atoms with van der Waals surface area (Å²) in [5, 5.41) is 10.6. The van der Waals surface area contributed by atoms with Crippen molar-refractivity contribution in [3.63, 3.8) is 0 Å². The lowest BCUT2D eigenvalue weighted by Gasteiger charge is -2.27. The molecule has 7 nitrogen and oxygen atoms in total. The molecule has 0 aromatic heterocycles. The topological polar surface area (TPSA) is 104 Å². The fourth-order valence-corrected chi connectivity index (χ4v) is 4.85. The molecule has 1 aliphatic rings. The average molecular weight is 595 g/mol. The fraction of sp³-hybridized carbons (Fsp3) is 0.200. The van der Waals surface area contributed by atoms with Gasteiger partial charge < -0.3 is 24.7 Å². The van der Waals surface area contributed by atoms with E-state index in [-0.39, 0.29) is 17.2 Å². The van der Waals surface area contributed by atoms with Gasteiger partial charge in [0.1, 0.15) is 41.2 Å². The van der Waals surface area contributed by atoms with E-state index < -0.39 is 18.0 Å². The number of nitrogens with two attached hydrogens (primary N) is 1. The van der Waals surface area contributed by atoms with Crippen LogP contribution in [0.15, 0.2) is 102 Å². The molecule has 0 aliphatic carbocycles. The van der Waals surface area contributed by atoms with Crippen molar-refractivity contribution < 1.29 is 23.7 Å². The number of rotatable bonds is 9. The summed E-state index contributed by atoms with van der Waals surface area (Å²) in [5.74, 6) is 1.28. The number of benzene rings is 4. The maximum atomic E-state index is 12.8. The third kappa shape index (κ3) is 6.94. The molecule has 43 heavy (non-hydrogen) atoms. The second-order valence-electron chi connectivity index (χ2n) is 10.5. The van der Waals surface area contributed by atoms with Gasteiger partial charge in [0.25, 0.3) is 0 Å². The Labute approximate surface area is 256 Å². The zero-order valence-electron chi connectivity index (χ0n) is 24.0. The predicted molar refractivity (Wildman–Crippen MR) is 164 cm³/mol. The van der Waals surface area contributed by atoms with Crippen molar-refractivity contribution in [1.29, 1.82) is 5.26 Å². The van der Waals surface area contributed by atoms with Crippen LogP contribution in [0.4, 0.5) is 0 Å². The van der Waals surface area contributed by atoms with Gasteiger partial charge in [-0.15, -0.1) is 0 Å². The van der Waals surface area contributed by atoms with E-state index in [9.17, 15) is 10.1 Å². The van der Waals surface area contributed by atoms with Gasteiger partial charge in [-0.1, -0.05) is 67.9 Å². The second kappa shape index (κ2) is 12.9. The maximum absolute atomic E-state index is 12.8. The summed E-state index contributed by atoms with van der Waals surface area (Å²) in [6.07, 6.45) is -0.842. The molecule has 0 saturated heterocycles. The highest BCUT2D eigenvalue weighted by atomic mass is 35.5. The van der Waals surface area contributed by atoms with Crippen LogP contribution in [-0.2, 0) is 11.4 Å². The highest BCUT2D eigenvalue weighted by molar-refractivity contribution is 6.30. The molecule has 2 unspecified atom stereocenters. The first-order chi connectivity index (χ1) is 20.7. The highest BCUT2D eigenvalue weighted by Crippen LogP contribution is 2.43. The Balaban J connectivity index is 1.29. The zero-order valence-corrected chi connectivity index (χ0v) is 24.8. The third-order valence-electron chi connectivity index (χ3n) is 7.13. The SMILES string of the molecule is CC(Oc1ccc(C(C)C)cc1)C(=O)Oc1ccc2c(c1)OC(N)=C(C#N)C2c1ccc(OCc2ccc(Cl)cc2)cc1. The van der Waals surface area contributed by atoms with Gasteiger partial charge in [-0.05, 0) is 72.0 Å². The van der Waals surface area contributed by atoms with Gasteiger partial charge >= 0.3 is 5.97 Å². The van der Waals surface area contributed by atoms with E-state index in [1.807, 2.05) is 72.8 Å². The minimum absolute atomic E-state index is 0.00640. The van der Waals surface area contributed by atoms with Gasteiger partial charge in [0, 0.05) is 16.7 Å². The quantitative estimate of drug-likeness (QED) is 0.157. The number of fused-ring (bicyclic) bond motifs is 1. The predicted octanol–water partition coefficient (Wildman–Crippen LogP) is 7.63. The van der Waals surface area contributed by atoms with Crippen LogP contribution in [0.1, 0.15) is 54.9 Å². The molecule has 218 valence electrons. The van der Waals surface area contributed by atoms with E-state index in [0.29, 0.717) is 34.8 Å². The third-order valence-corrected chi connectivity index (χ3v) is 7.38. The number of nitrogens with zero attached hydrogens (tertiary/aromatic N) is 1. The highest BCUT2D eigenvalue weighted by Gasteiger charge is 2.31. The summed E-state index contributed by atoms with van der Waals surface area (Å²) in [6.45, 7) is 6.25. The fourth-order valence-electron chi connectivity index (χ4n) is 4.73. The summed E-state index contributed by atoms with van der Waals surface area (Å²) in [6, 6.07) is 29.8. The number of allylic oxidation sites excluding steroid dienone is 1. The number of hydrogen-bond acceptors (Lipinski definition) is 7. The van der Waals surface area contributed by atoms with Crippen LogP contribution in [0, 0.1) is 11.3 Å². The number of hydrogen-bond donors (Lipinski definition) is 1. The van der Waals surface area contributed by atoms with Crippen molar-refractivity contribution in [1.82, 2.24) is 0 Å². The van der Waals surface area contributed by atoms with Crippen LogP contribution in [0.2, 0.25) is 5.02 Å². The Morgan fingerprint density at radius 3 is 2.23 bits per heavy atom. The van der Waals surface area contributed by atoms with Crippen molar-refractivity contribution in [2.75, 3.05) is 0 Å². The Bertz CT molecular complexity index is 1670. The monoisotopic (exact) mass is 594 g/mol. The van der Waals surface area contributed by atoms with Crippen LogP contribution in [-0.4, -0.2) is 12.1 Å². The molecule has 2 atom stereocenters. The normalized spacial score (nSPS) is 14.7. The number of carbonyl (C=O) groups excluding carboxylic acids is 1. The molecule has 0 amide bonds. The summed E-state index contributed by atoms with van der Waals surface area (Å²) in [7, 11) is 0. The minimum Gasteiger partial charge on any atom is -0.489 e. The standard InChI is InChI=1S/C35H31ClN2O5/c1-21(2)24-6-14-28(15-7-24)41-22(3)35(39)42-29-16-17-30-32(18-29)43-34(38)31(19-37)33(30)25-8-12-27(13-9-25)40-20-23-4-10-26(36)11-5-23/h4-18,21-22,33H,20,38H2,1-3H3. The molecule has 1 heterocycles. The van der Waals surface area contributed by atoms with Crippen LogP contribution in [0.5, 0.6) is 23.0 Å². The van der Waals surface area contributed by atoms with Crippen molar-refractivity contribution in [2.45, 2.75) is 45.3 Å². The first-order valence-corrected chi connectivity index (χ1v) is 14.3. The lowest BCUT2D eigenvalue weighted by molar-refractivity contribution is -0.141. The molecule has 0 spiro atoms. The van der Waals surface area contributed by atoms with E-state index in [4.69, 9.17) is 36.3 Å². The molecule has 4 aromatic rings. The van der Waals surface area contributed by atoms with E-state index in [1.165, 1.54) is 5.56 Å². The number of esters is 1. The average Bonchev–Trinajstić information content (AvgIpc) is 3.00. The van der Waals surface area contributed by atoms with Crippen LogP contribution in [0.25, 0.3) is 0 Å². The van der Waals surface area contributed by atoms with Crippen molar-refractivity contribution in [3.8, 4) is 29.1 Å². The van der Waals surface area contributed by atoms with Crippen molar-refractivity contribution in [2.24, 2.45) is 5.73 Å². The second-order valence-corrected chi connectivity index (χ2v) is 10.9. The van der Waals surface area contributed by atoms with Crippen LogP contribution in [0.3, 0.4) is 0 Å². The lowest BCUT2D eigenvalue weighted by Crippen LogP contribution is -2.28. The number of carbonyl (C=O) groups is 1. The van der Waals surface area contributed by atoms with Gasteiger partial charge in [0.05, 0.1) is 5.92 Å². The Morgan fingerprint density at radius 2 is 1.58 bits per heavy atom. The summed E-state index contributed by atoms with van der Waals surface area (Å²) >= 11 is 5.96. The zero-order chi connectivity index (χ0) is 30.5. The van der Waals surface area contributed by atoms with Crippen LogP contribution < -0.4 is 24.7 Å². The molecule has 8 heteroatoms. The molecule has 0 radical (unpaired) electrons. The van der Waals surface area contributed by atoms with E-state index in [2.05, 4.69) is 19.9 Å². The maximum Gasteiger partial charge on any atom is 0.352 e. The Kier molecular flexibility index (Phi) is 8.89. The molecular weight excluding hydrogens is 564 g/mol. The molecule has 1 aliphatic heterocycles. The lowest BCUT2D eigenvalue weighted by atomic mass is 9.83. The summed E-state index contributed by atoms with van der Waals surface area (Å²) in [4.78, 5) is 12.8. The van der Waals surface area contributed by atoms with Gasteiger partial charge in [0.15, 0.2) is 6.10 Å². The number of ether oxygens (including phenoxy) is 4. The van der Waals surface area contributed by atoms with Gasteiger partial charge in [0.2, 0.25) is 5.88 Å². The van der Waals surface area contributed by atoms with E-state index >= 15 is 0 Å². The van der Waals surface area contributed by atoms with Crippen molar-refractivity contribution in [3.05, 3.63) is 130 Å². The largest absolute Gasteiger partial charge is 0.489 e. The summed E-state index contributed by atoms with van der Waals surface area (Å²) < 4.78 is 23.1. The van der Waals surface area contributed by atoms with Gasteiger partial charge in [-0.2, -0.15) is 5.26 Å². The van der Waals surface area contributed by atoms with E-state index in [1.54, 1.807) is 25.1 Å². The molecule has 0 bridgehead atoms. The Morgan fingerprint density at radius 1 is 0.930 bits per heavy atom. The number of nitriles is 1. The number of halogens is 1. The summed E-state index contributed by atoms with van der Waals surface area (Å²) in [5.41, 5.74) is 10.2. The minimum atomic E-state index is -0.842. The van der Waals surface area contributed by atoms with Gasteiger partial charge in [-0.25, -0.2) is 4.79 Å². The molecule has 4 aromatic carbocycles. The first-order valence-electron chi connectivity index (χ1n) is 13.9. The smallest absolute Gasteiger partial charge is 0.352 e.